The Bertz CT molecular complexity index is 432. The van der Waals surface area contributed by atoms with Crippen molar-refractivity contribution in [3.8, 4) is 0 Å². The van der Waals surface area contributed by atoms with E-state index in [-0.39, 0.29) is 11.8 Å². The Morgan fingerprint density at radius 1 is 1.17 bits per heavy atom. The molecule has 0 amide bonds. The Labute approximate surface area is 107 Å². The summed E-state index contributed by atoms with van der Waals surface area (Å²) in [5.74, 6) is -0.277. The second-order valence-electron chi connectivity index (χ2n) is 4.00. The van der Waals surface area contributed by atoms with Gasteiger partial charge in [-0.25, -0.2) is 4.79 Å². The number of rotatable bonds is 6. The lowest BCUT2D eigenvalue weighted by Crippen LogP contribution is -2.08. The van der Waals surface area contributed by atoms with Crippen molar-refractivity contribution in [1.29, 1.82) is 0 Å². The smallest absolute Gasteiger partial charge is 0.334 e. The molecule has 0 fully saturated rings. The fourth-order valence-electron chi connectivity index (χ4n) is 1.52. The van der Waals surface area contributed by atoms with Crippen molar-refractivity contribution in [3.05, 3.63) is 41.5 Å². The first kappa shape index (κ1) is 14.2. The lowest BCUT2D eigenvalue weighted by atomic mass is 10.0. The summed E-state index contributed by atoms with van der Waals surface area (Å²) in [4.78, 5) is 22.8. The SMILES string of the molecule is CCOC(=O)/C(=C\c1ccccc1)CCC(C)=O. The van der Waals surface area contributed by atoms with Gasteiger partial charge >= 0.3 is 5.97 Å². The zero-order valence-corrected chi connectivity index (χ0v) is 10.8. The van der Waals surface area contributed by atoms with E-state index >= 15 is 0 Å². The Morgan fingerprint density at radius 3 is 2.39 bits per heavy atom. The number of benzene rings is 1. The summed E-state index contributed by atoms with van der Waals surface area (Å²) < 4.78 is 4.99. The summed E-state index contributed by atoms with van der Waals surface area (Å²) in [5.41, 5.74) is 1.47. The molecule has 3 nitrogen and oxygen atoms in total. The molecule has 0 aliphatic heterocycles. The minimum absolute atomic E-state index is 0.0678. The van der Waals surface area contributed by atoms with Crippen molar-refractivity contribution in [2.24, 2.45) is 0 Å². The van der Waals surface area contributed by atoms with E-state index in [0.717, 1.165) is 5.56 Å². The van der Waals surface area contributed by atoms with Gasteiger partial charge < -0.3 is 9.53 Å². The summed E-state index contributed by atoms with van der Waals surface area (Å²) in [6.07, 6.45) is 2.56. The fraction of sp³-hybridized carbons (Fsp3) is 0.333. The monoisotopic (exact) mass is 246 g/mol. The van der Waals surface area contributed by atoms with Crippen LogP contribution in [-0.2, 0) is 14.3 Å². The molecule has 1 rings (SSSR count). The lowest BCUT2D eigenvalue weighted by Gasteiger charge is -2.06. The summed E-state index contributed by atoms with van der Waals surface area (Å²) in [7, 11) is 0. The quantitative estimate of drug-likeness (QED) is 0.572. The lowest BCUT2D eigenvalue weighted by molar-refractivity contribution is -0.138. The van der Waals surface area contributed by atoms with Crippen LogP contribution >= 0.6 is 0 Å². The average molecular weight is 246 g/mol. The van der Waals surface area contributed by atoms with E-state index < -0.39 is 0 Å². The second kappa shape index (κ2) is 7.43. The van der Waals surface area contributed by atoms with Crippen LogP contribution in [0.15, 0.2) is 35.9 Å². The molecule has 0 heterocycles. The third kappa shape index (κ3) is 4.95. The maximum atomic E-state index is 11.8. The molecule has 0 saturated heterocycles. The Balaban J connectivity index is 2.85. The van der Waals surface area contributed by atoms with E-state index in [9.17, 15) is 9.59 Å². The largest absolute Gasteiger partial charge is 0.463 e. The predicted octanol–water partition coefficient (Wildman–Crippen LogP) is 3.00. The molecular weight excluding hydrogens is 228 g/mol. The molecule has 0 saturated carbocycles. The number of carbonyl (C=O) groups is 2. The normalized spacial score (nSPS) is 11.1. The molecule has 18 heavy (non-hydrogen) atoms. The number of ketones is 1. The van der Waals surface area contributed by atoms with Crippen molar-refractivity contribution in [2.75, 3.05) is 6.61 Å². The van der Waals surface area contributed by atoms with Crippen molar-refractivity contribution < 1.29 is 14.3 Å². The highest BCUT2D eigenvalue weighted by Crippen LogP contribution is 2.13. The van der Waals surface area contributed by atoms with Crippen LogP contribution in [0.3, 0.4) is 0 Å². The van der Waals surface area contributed by atoms with Crippen molar-refractivity contribution in [1.82, 2.24) is 0 Å². The van der Waals surface area contributed by atoms with Crippen LogP contribution < -0.4 is 0 Å². The highest BCUT2D eigenvalue weighted by atomic mass is 16.5. The Hall–Kier alpha value is -1.90. The van der Waals surface area contributed by atoms with Gasteiger partial charge in [0.2, 0.25) is 0 Å². The average Bonchev–Trinajstić information content (AvgIpc) is 2.35. The van der Waals surface area contributed by atoms with E-state index in [1.807, 2.05) is 30.3 Å². The van der Waals surface area contributed by atoms with Gasteiger partial charge in [0.25, 0.3) is 0 Å². The van der Waals surface area contributed by atoms with Crippen LogP contribution in [-0.4, -0.2) is 18.4 Å². The van der Waals surface area contributed by atoms with E-state index in [1.165, 1.54) is 6.92 Å². The summed E-state index contributed by atoms with van der Waals surface area (Å²) in [6.45, 7) is 3.62. The van der Waals surface area contributed by atoms with Crippen LogP contribution in [0.25, 0.3) is 6.08 Å². The maximum Gasteiger partial charge on any atom is 0.334 e. The van der Waals surface area contributed by atoms with Gasteiger partial charge in [-0.1, -0.05) is 30.3 Å². The summed E-state index contributed by atoms with van der Waals surface area (Å²) in [6, 6.07) is 9.54. The molecule has 1 aromatic rings. The molecule has 0 atom stereocenters. The standard InChI is InChI=1S/C15H18O3/c1-3-18-15(17)14(10-9-12(2)16)11-13-7-5-4-6-8-13/h4-8,11H,3,9-10H2,1-2H3/b14-11-. The van der Waals surface area contributed by atoms with Crippen LogP contribution in [0.5, 0.6) is 0 Å². The minimum Gasteiger partial charge on any atom is -0.463 e. The first-order chi connectivity index (χ1) is 8.63. The molecular formula is C15H18O3. The number of esters is 1. The summed E-state index contributed by atoms with van der Waals surface area (Å²) in [5, 5.41) is 0. The van der Waals surface area contributed by atoms with E-state index in [0.29, 0.717) is 25.0 Å². The first-order valence-corrected chi connectivity index (χ1v) is 6.05. The van der Waals surface area contributed by atoms with Gasteiger partial charge in [-0.3, -0.25) is 0 Å². The molecule has 0 radical (unpaired) electrons. The third-order valence-corrected chi connectivity index (χ3v) is 2.42. The third-order valence-electron chi connectivity index (χ3n) is 2.42. The highest BCUT2D eigenvalue weighted by molar-refractivity contribution is 5.94. The number of hydrogen-bond acceptors (Lipinski definition) is 3. The van der Waals surface area contributed by atoms with Gasteiger partial charge in [-0.05, 0) is 31.9 Å². The molecule has 0 aliphatic rings. The minimum atomic E-state index is -0.345. The van der Waals surface area contributed by atoms with Crippen molar-refractivity contribution in [3.63, 3.8) is 0 Å². The first-order valence-electron chi connectivity index (χ1n) is 6.05. The van der Waals surface area contributed by atoms with Crippen molar-refractivity contribution >= 4 is 17.8 Å². The number of hydrogen-bond donors (Lipinski definition) is 0. The highest BCUT2D eigenvalue weighted by Gasteiger charge is 2.11. The fourth-order valence-corrected chi connectivity index (χ4v) is 1.52. The zero-order chi connectivity index (χ0) is 13.4. The van der Waals surface area contributed by atoms with Gasteiger partial charge in [0.05, 0.1) is 6.61 Å². The molecule has 0 aliphatic carbocycles. The predicted molar refractivity (Wildman–Crippen MR) is 71.0 cm³/mol. The number of Topliss-reactive ketones (excluding diaryl/α,β-unsaturated/α-hetero) is 1. The topological polar surface area (TPSA) is 43.4 Å². The Morgan fingerprint density at radius 2 is 1.83 bits per heavy atom. The molecule has 0 aromatic heterocycles. The van der Waals surface area contributed by atoms with Gasteiger partial charge in [-0.2, -0.15) is 0 Å². The van der Waals surface area contributed by atoms with E-state index in [1.54, 1.807) is 13.0 Å². The molecule has 96 valence electrons. The van der Waals surface area contributed by atoms with Gasteiger partial charge in [0.1, 0.15) is 5.78 Å². The molecule has 0 bridgehead atoms. The van der Waals surface area contributed by atoms with Crippen LogP contribution in [0, 0.1) is 0 Å². The molecule has 0 spiro atoms. The number of carbonyl (C=O) groups excluding carboxylic acids is 2. The van der Waals surface area contributed by atoms with Crippen molar-refractivity contribution in [2.45, 2.75) is 26.7 Å². The molecule has 1 aromatic carbocycles. The second-order valence-corrected chi connectivity index (χ2v) is 4.00. The Kier molecular flexibility index (Phi) is 5.85. The van der Waals surface area contributed by atoms with Crippen LogP contribution in [0.2, 0.25) is 0 Å². The van der Waals surface area contributed by atoms with Gasteiger partial charge in [0, 0.05) is 12.0 Å². The molecule has 3 heteroatoms. The zero-order valence-electron chi connectivity index (χ0n) is 10.8. The maximum absolute atomic E-state index is 11.8. The molecule has 0 unspecified atom stereocenters. The van der Waals surface area contributed by atoms with E-state index in [4.69, 9.17) is 4.74 Å². The number of ether oxygens (including phenoxy) is 1. The van der Waals surface area contributed by atoms with E-state index in [2.05, 4.69) is 0 Å². The van der Waals surface area contributed by atoms with Crippen LogP contribution in [0.4, 0.5) is 0 Å². The van der Waals surface area contributed by atoms with Gasteiger partial charge in [-0.15, -0.1) is 0 Å². The van der Waals surface area contributed by atoms with Gasteiger partial charge in [0.15, 0.2) is 0 Å². The molecule has 0 N–H and O–H groups in total. The summed E-state index contributed by atoms with van der Waals surface area (Å²) >= 11 is 0. The van der Waals surface area contributed by atoms with Crippen LogP contribution in [0.1, 0.15) is 32.3 Å².